The van der Waals surface area contributed by atoms with Gasteiger partial charge in [-0.2, -0.15) is 0 Å². The molecule has 1 aliphatic rings. The van der Waals surface area contributed by atoms with Crippen molar-refractivity contribution in [1.29, 1.82) is 0 Å². The minimum Gasteiger partial charge on any atom is -0.503 e. The van der Waals surface area contributed by atoms with Gasteiger partial charge in [-0.3, -0.25) is 9.59 Å². The highest BCUT2D eigenvalue weighted by Crippen LogP contribution is 2.46. The first-order valence-electron chi connectivity index (χ1n) is 9.17. The molecule has 0 saturated heterocycles. The number of aliphatic hydroxyl groups is 1. The highest BCUT2D eigenvalue weighted by molar-refractivity contribution is 6.10. The van der Waals surface area contributed by atoms with Gasteiger partial charge in [-0.25, -0.2) is 0 Å². The van der Waals surface area contributed by atoms with Crippen molar-refractivity contribution in [3.05, 3.63) is 35.1 Å². The van der Waals surface area contributed by atoms with Gasteiger partial charge in [0.1, 0.15) is 0 Å². The highest BCUT2D eigenvalue weighted by Gasteiger charge is 2.46. The molecule has 1 N–H and O–H groups in total. The van der Waals surface area contributed by atoms with E-state index in [1.165, 1.54) is 19.1 Å². The smallest absolute Gasteiger partial charge is 0.290 e. The minimum atomic E-state index is -0.767. The molecular formula is C21H29NO6. The maximum Gasteiger partial charge on any atom is 0.290 e. The van der Waals surface area contributed by atoms with Gasteiger partial charge in [-0.1, -0.05) is 32.9 Å². The molecule has 1 aromatic rings. The molecule has 1 unspecified atom stereocenters. The van der Waals surface area contributed by atoms with E-state index in [-0.39, 0.29) is 11.4 Å². The summed E-state index contributed by atoms with van der Waals surface area (Å²) < 4.78 is 16.0. The average Bonchev–Trinajstić information content (AvgIpc) is 2.90. The Kier molecular flexibility index (Phi) is 6.72. The van der Waals surface area contributed by atoms with Crippen LogP contribution in [0, 0.1) is 5.41 Å². The molecule has 7 heteroatoms. The Hall–Kier alpha value is -2.54. The minimum absolute atomic E-state index is 0.0847. The molecule has 1 aliphatic heterocycles. The molecule has 0 radical (unpaired) electrons. The van der Waals surface area contributed by atoms with E-state index in [2.05, 4.69) is 0 Å². The third-order valence-corrected chi connectivity index (χ3v) is 4.70. The number of hydrogen-bond acceptors (Lipinski definition) is 6. The van der Waals surface area contributed by atoms with E-state index in [9.17, 15) is 14.7 Å². The van der Waals surface area contributed by atoms with E-state index in [1.807, 2.05) is 0 Å². The summed E-state index contributed by atoms with van der Waals surface area (Å²) >= 11 is 0. The third-order valence-electron chi connectivity index (χ3n) is 4.70. The maximum absolute atomic E-state index is 13.1. The Morgan fingerprint density at radius 3 is 2.39 bits per heavy atom. The van der Waals surface area contributed by atoms with E-state index in [4.69, 9.17) is 14.2 Å². The predicted molar refractivity (Wildman–Crippen MR) is 105 cm³/mol. The summed E-state index contributed by atoms with van der Waals surface area (Å²) in [6.07, 6.45) is 0.565. The molecule has 1 aromatic carbocycles. The van der Waals surface area contributed by atoms with Crippen LogP contribution in [0.5, 0.6) is 11.5 Å². The number of rotatable bonds is 8. The van der Waals surface area contributed by atoms with Crippen molar-refractivity contribution in [2.45, 2.75) is 33.2 Å². The van der Waals surface area contributed by atoms with E-state index >= 15 is 0 Å². The molecule has 0 aromatic heterocycles. The zero-order valence-electron chi connectivity index (χ0n) is 17.4. The molecule has 0 fully saturated rings. The van der Waals surface area contributed by atoms with Gasteiger partial charge >= 0.3 is 0 Å². The molecule has 1 atom stereocenters. The molecule has 28 heavy (non-hydrogen) atoms. The largest absolute Gasteiger partial charge is 0.503 e. The van der Waals surface area contributed by atoms with Gasteiger partial charge in [0.2, 0.25) is 0 Å². The topological polar surface area (TPSA) is 85.3 Å². The lowest BCUT2D eigenvalue weighted by Gasteiger charge is -2.30. The van der Waals surface area contributed by atoms with Crippen molar-refractivity contribution in [1.82, 2.24) is 4.90 Å². The van der Waals surface area contributed by atoms with Crippen LogP contribution in [0.15, 0.2) is 29.5 Å². The number of ether oxygens (including phenoxy) is 3. The Bertz CT molecular complexity index is 778. The van der Waals surface area contributed by atoms with Gasteiger partial charge in [-0.05, 0) is 12.5 Å². The van der Waals surface area contributed by atoms with Crippen molar-refractivity contribution in [2.75, 3.05) is 34.5 Å². The highest BCUT2D eigenvalue weighted by atomic mass is 16.5. The SMILES string of the molecule is COCCCN1C(=O)C(O)=C(C(=O)C(C)(C)C)C1c1cccc(OC)c1OC. The van der Waals surface area contributed by atoms with Crippen LogP contribution in [-0.2, 0) is 14.3 Å². The number of ketones is 1. The number of amides is 1. The zero-order chi connectivity index (χ0) is 21.1. The second kappa shape index (κ2) is 8.65. The summed E-state index contributed by atoms with van der Waals surface area (Å²) in [6.45, 7) is 6.05. The molecule has 1 amide bonds. The summed E-state index contributed by atoms with van der Waals surface area (Å²) in [5.41, 5.74) is -0.0954. The van der Waals surface area contributed by atoms with Crippen LogP contribution >= 0.6 is 0 Å². The summed E-state index contributed by atoms with van der Waals surface area (Å²) in [6, 6.07) is 4.52. The van der Waals surface area contributed by atoms with Gasteiger partial charge in [-0.15, -0.1) is 0 Å². The van der Waals surface area contributed by atoms with Crippen LogP contribution in [0.1, 0.15) is 38.8 Å². The van der Waals surface area contributed by atoms with Crippen molar-refractivity contribution < 1.29 is 28.9 Å². The number of methoxy groups -OCH3 is 3. The van der Waals surface area contributed by atoms with Crippen LogP contribution in [0.2, 0.25) is 0 Å². The Balaban J connectivity index is 2.64. The molecular weight excluding hydrogens is 362 g/mol. The van der Waals surface area contributed by atoms with Crippen molar-refractivity contribution in [2.24, 2.45) is 5.41 Å². The molecule has 0 saturated carbocycles. The van der Waals surface area contributed by atoms with Crippen molar-refractivity contribution in [3.63, 3.8) is 0 Å². The lowest BCUT2D eigenvalue weighted by atomic mass is 9.82. The molecule has 154 valence electrons. The fourth-order valence-electron chi connectivity index (χ4n) is 3.35. The summed E-state index contributed by atoms with van der Waals surface area (Å²) in [4.78, 5) is 27.5. The number of nitrogens with zero attached hydrogens (tertiary/aromatic N) is 1. The summed E-state index contributed by atoms with van der Waals surface area (Å²) in [7, 11) is 4.60. The lowest BCUT2D eigenvalue weighted by Crippen LogP contribution is -2.34. The average molecular weight is 391 g/mol. The maximum atomic E-state index is 13.1. The summed E-state index contributed by atoms with van der Waals surface area (Å²) in [5, 5.41) is 10.6. The number of carbonyl (C=O) groups excluding carboxylic acids is 2. The third kappa shape index (κ3) is 3.99. The number of para-hydroxylation sites is 1. The number of hydrogen-bond donors (Lipinski definition) is 1. The van der Waals surface area contributed by atoms with Gasteiger partial charge in [0.05, 0.1) is 25.8 Å². The fraction of sp³-hybridized carbons (Fsp3) is 0.524. The van der Waals surface area contributed by atoms with Gasteiger partial charge < -0.3 is 24.2 Å². The quantitative estimate of drug-likeness (QED) is 0.686. The molecule has 1 heterocycles. The Labute approximate surface area is 165 Å². The first kappa shape index (κ1) is 21.8. The van der Waals surface area contributed by atoms with E-state index in [0.29, 0.717) is 36.6 Å². The van der Waals surface area contributed by atoms with Crippen LogP contribution in [0.3, 0.4) is 0 Å². The first-order chi connectivity index (χ1) is 13.2. The van der Waals surface area contributed by atoms with Gasteiger partial charge in [0.25, 0.3) is 5.91 Å². The van der Waals surface area contributed by atoms with Crippen molar-refractivity contribution >= 4 is 11.7 Å². The lowest BCUT2D eigenvalue weighted by molar-refractivity contribution is -0.129. The van der Waals surface area contributed by atoms with Gasteiger partial charge in [0, 0.05) is 31.2 Å². The van der Waals surface area contributed by atoms with Crippen LogP contribution < -0.4 is 9.47 Å². The Morgan fingerprint density at radius 2 is 1.86 bits per heavy atom. The van der Waals surface area contributed by atoms with E-state index in [1.54, 1.807) is 46.1 Å². The number of carbonyl (C=O) groups is 2. The number of aliphatic hydroxyl groups excluding tert-OH is 1. The second-order valence-electron chi connectivity index (χ2n) is 7.67. The van der Waals surface area contributed by atoms with Gasteiger partial charge in [0.15, 0.2) is 23.0 Å². The molecule has 2 rings (SSSR count). The second-order valence-corrected chi connectivity index (χ2v) is 7.67. The molecule has 0 spiro atoms. The molecule has 0 aliphatic carbocycles. The number of Topliss-reactive ketones (excluding diaryl/α,β-unsaturated/α-hetero) is 1. The first-order valence-corrected chi connectivity index (χ1v) is 9.17. The monoisotopic (exact) mass is 391 g/mol. The van der Waals surface area contributed by atoms with Crippen LogP contribution in [-0.4, -0.2) is 56.2 Å². The van der Waals surface area contributed by atoms with E-state index < -0.39 is 23.1 Å². The normalized spacial score (nSPS) is 17.3. The number of benzene rings is 1. The van der Waals surface area contributed by atoms with E-state index in [0.717, 1.165) is 0 Å². The summed E-state index contributed by atoms with van der Waals surface area (Å²) in [5.74, 6) is -0.458. The van der Waals surface area contributed by atoms with Crippen molar-refractivity contribution in [3.8, 4) is 11.5 Å². The Morgan fingerprint density at radius 1 is 1.18 bits per heavy atom. The fourth-order valence-corrected chi connectivity index (χ4v) is 3.35. The van der Waals surface area contributed by atoms with Crippen LogP contribution in [0.25, 0.3) is 0 Å². The standard InChI is InChI=1S/C21H29NO6/c1-21(2,3)19(24)15-16(13-9-7-10-14(27-5)18(13)28-6)22(11-8-12-26-4)20(25)17(15)23/h7,9-10,16,23H,8,11-12H2,1-6H3. The van der Waals surface area contributed by atoms with Crippen LogP contribution in [0.4, 0.5) is 0 Å². The zero-order valence-corrected chi connectivity index (χ0v) is 17.4. The predicted octanol–water partition coefficient (Wildman–Crippen LogP) is 3.05. The molecule has 7 nitrogen and oxygen atoms in total. The molecule has 0 bridgehead atoms.